The smallest absolute Gasteiger partial charge is 0.0717 e. The Morgan fingerprint density at radius 1 is 0.958 bits per heavy atom. The first-order chi connectivity index (χ1) is 11.6. The van der Waals surface area contributed by atoms with Gasteiger partial charge in [-0.25, -0.2) is 0 Å². The van der Waals surface area contributed by atoms with Gasteiger partial charge in [0.1, 0.15) is 0 Å². The van der Waals surface area contributed by atoms with E-state index in [1.165, 1.54) is 5.06 Å². The molecule has 0 aromatic heterocycles. The van der Waals surface area contributed by atoms with Crippen LogP contribution in [0.25, 0.3) is 0 Å². The normalized spacial score (nSPS) is 14.1. The molecule has 130 valence electrons. The third-order valence-corrected chi connectivity index (χ3v) is 4.40. The summed E-state index contributed by atoms with van der Waals surface area (Å²) in [5.41, 5.74) is 2.29. The fraction of sp³-hybridized carbons (Fsp3) is 0.429. The summed E-state index contributed by atoms with van der Waals surface area (Å²) < 4.78 is 5.89. The molecule has 2 atom stereocenters. The average molecular weight is 327 g/mol. The van der Waals surface area contributed by atoms with Crippen LogP contribution >= 0.6 is 0 Å². The first-order valence-electron chi connectivity index (χ1n) is 8.77. The number of benzene rings is 2. The van der Waals surface area contributed by atoms with Crippen molar-refractivity contribution in [1.29, 1.82) is 0 Å². The van der Waals surface area contributed by atoms with Gasteiger partial charge in [-0.3, -0.25) is 0 Å². The number of hydrogen-bond acceptors (Lipinski definition) is 3. The summed E-state index contributed by atoms with van der Waals surface area (Å²) >= 11 is 0. The molecule has 3 nitrogen and oxygen atoms in total. The summed E-state index contributed by atoms with van der Waals surface area (Å²) in [5, 5.41) is 12.3. The second kappa shape index (κ2) is 9.58. The van der Waals surface area contributed by atoms with Gasteiger partial charge in [-0.2, -0.15) is 5.06 Å². The maximum Gasteiger partial charge on any atom is 0.0717 e. The highest BCUT2D eigenvalue weighted by Crippen LogP contribution is 2.27. The van der Waals surface area contributed by atoms with Crippen LogP contribution in [-0.4, -0.2) is 22.9 Å². The molecule has 0 aliphatic rings. The lowest BCUT2D eigenvalue weighted by molar-refractivity contribution is -0.188. The third-order valence-electron chi connectivity index (χ3n) is 4.40. The van der Waals surface area contributed by atoms with Crippen LogP contribution in [0.2, 0.25) is 0 Å². The lowest BCUT2D eigenvalue weighted by Gasteiger charge is -2.35. The molecule has 0 amide bonds. The minimum absolute atomic E-state index is 0.0149. The molecule has 0 aliphatic carbocycles. The maximum atomic E-state index is 10.8. The van der Waals surface area contributed by atoms with Gasteiger partial charge in [0.2, 0.25) is 0 Å². The molecular formula is C21H29NO2. The van der Waals surface area contributed by atoms with Gasteiger partial charge < -0.3 is 9.94 Å². The molecule has 0 saturated carbocycles. The molecule has 0 heterocycles. The molecule has 2 rings (SSSR count). The predicted octanol–water partition coefficient (Wildman–Crippen LogP) is 5.07. The second-order valence-electron chi connectivity index (χ2n) is 6.53. The summed E-state index contributed by atoms with van der Waals surface area (Å²) in [7, 11) is 0. The summed E-state index contributed by atoms with van der Waals surface area (Å²) in [6, 6.07) is 20.3. The molecule has 0 fully saturated rings. The van der Waals surface area contributed by atoms with Gasteiger partial charge in [0.25, 0.3) is 0 Å². The topological polar surface area (TPSA) is 32.7 Å². The molecular weight excluding hydrogens is 298 g/mol. The van der Waals surface area contributed by atoms with Crippen LogP contribution in [0, 0.1) is 5.92 Å². The zero-order valence-electron chi connectivity index (χ0n) is 14.9. The van der Waals surface area contributed by atoms with Gasteiger partial charge in [0, 0.05) is 0 Å². The minimum Gasteiger partial charge on any atom is -0.375 e. The number of rotatable bonds is 9. The van der Waals surface area contributed by atoms with Crippen molar-refractivity contribution in [3.8, 4) is 0 Å². The Morgan fingerprint density at radius 2 is 1.54 bits per heavy atom. The van der Waals surface area contributed by atoms with Crippen molar-refractivity contribution >= 4 is 0 Å². The van der Waals surface area contributed by atoms with Crippen molar-refractivity contribution in [2.45, 2.75) is 45.9 Å². The number of hydroxylamine groups is 2. The van der Waals surface area contributed by atoms with E-state index in [2.05, 4.69) is 45.0 Å². The molecule has 3 heteroatoms. The van der Waals surface area contributed by atoms with Gasteiger partial charge in [-0.1, -0.05) is 81.4 Å². The Labute approximate surface area is 145 Å². The Bertz CT molecular complexity index is 571. The first kappa shape index (κ1) is 18.7. The van der Waals surface area contributed by atoms with Crippen LogP contribution in [0.15, 0.2) is 60.7 Å². The quantitative estimate of drug-likeness (QED) is 0.653. The zero-order valence-corrected chi connectivity index (χ0v) is 14.9. The second-order valence-corrected chi connectivity index (χ2v) is 6.53. The van der Waals surface area contributed by atoms with E-state index < -0.39 is 0 Å². The molecule has 0 spiro atoms. The van der Waals surface area contributed by atoms with Gasteiger partial charge in [-0.05, 0) is 23.5 Å². The van der Waals surface area contributed by atoms with Gasteiger partial charge in [0.05, 0.1) is 25.3 Å². The Kier molecular flexibility index (Phi) is 7.44. The number of ether oxygens (including phenoxy) is 1. The van der Waals surface area contributed by atoms with E-state index in [4.69, 9.17) is 4.74 Å². The van der Waals surface area contributed by atoms with E-state index in [0.717, 1.165) is 17.5 Å². The summed E-state index contributed by atoms with van der Waals surface area (Å²) in [6.45, 7) is 7.42. The highest BCUT2D eigenvalue weighted by atomic mass is 16.5. The van der Waals surface area contributed by atoms with E-state index >= 15 is 0 Å². The van der Waals surface area contributed by atoms with E-state index in [9.17, 15) is 5.21 Å². The lowest BCUT2D eigenvalue weighted by atomic mass is 9.98. The largest absolute Gasteiger partial charge is 0.375 e. The summed E-state index contributed by atoms with van der Waals surface area (Å²) in [4.78, 5) is 0. The van der Waals surface area contributed by atoms with Crippen LogP contribution in [-0.2, 0) is 11.3 Å². The maximum absolute atomic E-state index is 10.8. The molecule has 2 aromatic carbocycles. The van der Waals surface area contributed by atoms with Crippen LogP contribution in [0.4, 0.5) is 0 Å². The molecule has 24 heavy (non-hydrogen) atoms. The third kappa shape index (κ3) is 5.17. The zero-order chi connectivity index (χ0) is 17.4. The Morgan fingerprint density at radius 3 is 2.08 bits per heavy atom. The van der Waals surface area contributed by atoms with E-state index in [1.54, 1.807) is 0 Å². The van der Waals surface area contributed by atoms with E-state index in [-0.39, 0.29) is 12.1 Å². The standard InChI is InChI=1S/C21H29NO2/c1-4-20(19-13-9-6-10-14-19)22(23)21(17(2)3)16-24-15-18-11-7-5-8-12-18/h5-14,17,20-21,23H,4,15-16H2,1-3H3/t20-,21-/m1/s1. The van der Waals surface area contributed by atoms with Crippen LogP contribution < -0.4 is 0 Å². The molecule has 0 bridgehead atoms. The van der Waals surface area contributed by atoms with Crippen LogP contribution in [0.1, 0.15) is 44.4 Å². The van der Waals surface area contributed by atoms with Gasteiger partial charge in [-0.15, -0.1) is 0 Å². The molecule has 2 aromatic rings. The number of hydrogen-bond donors (Lipinski definition) is 1. The summed E-state index contributed by atoms with van der Waals surface area (Å²) in [5.74, 6) is 0.295. The number of nitrogens with zero attached hydrogens (tertiary/aromatic N) is 1. The lowest BCUT2D eigenvalue weighted by Crippen LogP contribution is -2.42. The van der Waals surface area contributed by atoms with Crippen molar-refractivity contribution in [2.24, 2.45) is 5.92 Å². The van der Waals surface area contributed by atoms with Gasteiger partial charge in [0.15, 0.2) is 0 Å². The highest BCUT2D eigenvalue weighted by Gasteiger charge is 2.27. The van der Waals surface area contributed by atoms with Crippen LogP contribution in [0.5, 0.6) is 0 Å². The van der Waals surface area contributed by atoms with Crippen molar-refractivity contribution in [3.05, 3.63) is 71.8 Å². The SMILES string of the molecule is CC[C@H](c1ccccc1)N(O)[C@H](COCc1ccccc1)C(C)C. The van der Waals surface area contributed by atoms with Crippen molar-refractivity contribution in [3.63, 3.8) is 0 Å². The Hall–Kier alpha value is -1.68. The average Bonchev–Trinajstić information content (AvgIpc) is 2.61. The minimum atomic E-state index is -0.0427. The van der Waals surface area contributed by atoms with Crippen molar-refractivity contribution < 1.29 is 9.94 Å². The van der Waals surface area contributed by atoms with E-state index in [0.29, 0.717) is 19.1 Å². The first-order valence-corrected chi connectivity index (χ1v) is 8.77. The van der Waals surface area contributed by atoms with Crippen LogP contribution in [0.3, 0.4) is 0 Å². The van der Waals surface area contributed by atoms with Gasteiger partial charge >= 0.3 is 0 Å². The monoisotopic (exact) mass is 327 g/mol. The highest BCUT2D eigenvalue weighted by molar-refractivity contribution is 5.18. The fourth-order valence-corrected chi connectivity index (χ4v) is 2.93. The predicted molar refractivity (Wildman–Crippen MR) is 97.8 cm³/mol. The fourth-order valence-electron chi connectivity index (χ4n) is 2.93. The van der Waals surface area contributed by atoms with Crippen molar-refractivity contribution in [2.75, 3.05) is 6.61 Å². The molecule has 0 unspecified atom stereocenters. The van der Waals surface area contributed by atoms with Crippen molar-refractivity contribution in [1.82, 2.24) is 5.06 Å². The summed E-state index contributed by atoms with van der Waals surface area (Å²) in [6.07, 6.45) is 0.850. The van der Waals surface area contributed by atoms with E-state index in [1.807, 2.05) is 36.4 Å². The molecule has 0 saturated heterocycles. The molecule has 1 N–H and O–H groups in total. The Balaban J connectivity index is 2.00. The molecule has 0 aliphatic heterocycles. The molecule has 0 radical (unpaired) electrons.